The van der Waals surface area contributed by atoms with Crippen molar-refractivity contribution in [2.45, 2.75) is 473 Å². The molecule has 0 aromatic rings. The molecule has 0 radical (unpaired) electrons. The largest absolute Gasteiger partial charge is 0.790 e. The second-order valence-corrected chi connectivity index (χ2v) is 31.3. The van der Waals surface area contributed by atoms with E-state index in [4.69, 9.17) is 28.2 Å². The molecule has 0 aliphatic carbocycles. The highest BCUT2D eigenvalue weighted by Gasteiger charge is 2.51. The lowest BCUT2D eigenvalue weighted by atomic mass is 9.95. The average Bonchev–Trinajstić information content (AvgIpc) is 0.813. The maximum Gasteiger partial charge on any atom is 0.308 e. The molecule has 2 fully saturated rings. The van der Waals surface area contributed by atoms with E-state index in [-0.39, 0.29) is 25.7 Å². The molecule has 0 aromatic carbocycles. The van der Waals surface area contributed by atoms with Gasteiger partial charge >= 0.3 is 11.9 Å². The molecule has 0 bridgehead atoms. The van der Waals surface area contributed by atoms with Crippen LogP contribution in [0.25, 0.3) is 0 Å². The van der Waals surface area contributed by atoms with E-state index in [0.717, 1.165) is 96.3 Å². The Morgan fingerprint density at radius 1 is 0.412 bits per heavy atom. The Bertz CT molecular complexity index is 2060. The summed E-state index contributed by atoms with van der Waals surface area (Å²) in [5.41, 5.74) is 0. The van der Waals surface area contributed by atoms with Gasteiger partial charge < -0.3 is 83.8 Å². The highest BCUT2D eigenvalue weighted by molar-refractivity contribution is 7.43. The average molecular weight is 1480 g/mol. The number of ether oxygens (including phenoxy) is 5. The van der Waals surface area contributed by atoms with Gasteiger partial charge in [-0.2, -0.15) is 0 Å². The minimum absolute atomic E-state index is 0.188. The van der Waals surface area contributed by atoms with Crippen molar-refractivity contribution in [3.05, 3.63) is 0 Å². The van der Waals surface area contributed by atoms with Crippen molar-refractivity contribution in [1.82, 2.24) is 10.6 Å². The Morgan fingerprint density at radius 3 is 1.15 bits per heavy atom. The molecule has 0 spiro atoms. The van der Waals surface area contributed by atoms with E-state index >= 15 is 0 Å². The van der Waals surface area contributed by atoms with Gasteiger partial charge in [-0.25, -0.2) is 0 Å². The number of phosphoric acid groups is 1. The highest BCUT2D eigenvalue weighted by Crippen LogP contribution is 2.36. The number of phosphoric ester groups is 1. The lowest BCUT2D eigenvalue weighted by molar-refractivity contribution is -0.364. The molecule has 2 aliphatic heterocycles. The third-order valence-electron chi connectivity index (χ3n) is 20.6. The third-order valence-corrected chi connectivity index (χ3v) is 21.0. The molecule has 2 aliphatic rings. The van der Waals surface area contributed by atoms with Gasteiger partial charge in [-0.15, -0.1) is 0 Å². The first-order valence-corrected chi connectivity index (χ1v) is 43.4. The van der Waals surface area contributed by atoms with Crippen molar-refractivity contribution < 1.29 is 92.4 Å². The van der Waals surface area contributed by atoms with E-state index in [1.165, 1.54) is 199 Å². The zero-order chi connectivity index (χ0) is 74.7. The van der Waals surface area contributed by atoms with E-state index < -0.39 is 137 Å². The van der Waals surface area contributed by atoms with Crippen molar-refractivity contribution >= 4 is 31.6 Å². The summed E-state index contributed by atoms with van der Waals surface area (Å²) in [7, 11) is -6.02. The van der Waals surface area contributed by atoms with Gasteiger partial charge in [0.1, 0.15) is 48.7 Å². The Kier molecular flexibility index (Phi) is 59.6. The fourth-order valence-electron chi connectivity index (χ4n) is 14.2. The normalized spacial score (nSPS) is 21.8. The van der Waals surface area contributed by atoms with E-state index in [2.05, 4.69) is 38.3 Å². The molecule has 0 aromatic heterocycles. The Balaban J connectivity index is 2.27. The van der Waals surface area contributed by atoms with Gasteiger partial charge in [0.2, 0.25) is 11.8 Å². The van der Waals surface area contributed by atoms with Crippen molar-refractivity contribution in [2.75, 3.05) is 13.2 Å². The molecular formula is C80H151N2O19P-2. The van der Waals surface area contributed by atoms with E-state index in [1.54, 1.807) is 0 Å². The summed E-state index contributed by atoms with van der Waals surface area (Å²) in [4.78, 5) is 80.2. The van der Waals surface area contributed by atoms with Crippen LogP contribution in [-0.4, -0.2) is 147 Å². The van der Waals surface area contributed by atoms with E-state index in [9.17, 15) is 64.2 Å². The minimum atomic E-state index is -6.02. The summed E-state index contributed by atoms with van der Waals surface area (Å²) >= 11 is 0. The molecule has 2 saturated heterocycles. The standard InChI is InChI=1S/C80H153N2O19P/c1-5-9-13-17-21-25-29-32-36-40-43-47-51-55-64(84)59-69(86)82-74-78(100-72(89)60-65(85)56-52-48-44-39-35-28-24-20-16-12-8-4)76(91)68(99-80(74)101-102(93,94)95)63-96-79-73(77(92)75(90)67(62-83)98-79)81-70(87)61-66(57-53-49-45-41-37-33-30-26-22-18-14-10-6-2)97-71(88)58-54-50-46-42-38-34-31-27-23-19-15-11-7-3/h64-68,73-80,83-85,90-92H,5-63H2,1-4H3,(H,81,87)(H,82,86)(H2,93,94,95)/p-2/t64-,65-,66-,67-,68-,73-,74-,75-,76-,77-,78-,79-,80-/m1/s1. The first kappa shape index (κ1) is 95.7. The van der Waals surface area contributed by atoms with Crippen LogP contribution >= 0.6 is 7.82 Å². The molecule has 602 valence electrons. The zero-order valence-electron chi connectivity index (χ0n) is 64.7. The monoisotopic (exact) mass is 1480 g/mol. The third kappa shape index (κ3) is 49.6. The van der Waals surface area contributed by atoms with Crippen LogP contribution < -0.4 is 20.4 Å². The van der Waals surface area contributed by atoms with Crippen LogP contribution in [0.2, 0.25) is 0 Å². The number of carbonyl (C=O) groups excluding carboxylic acids is 4. The summed E-state index contributed by atoms with van der Waals surface area (Å²) in [6, 6.07) is -3.47. The molecule has 22 heteroatoms. The van der Waals surface area contributed by atoms with Crippen LogP contribution in [0.3, 0.4) is 0 Å². The molecule has 2 amide bonds. The number of rotatable bonds is 70. The predicted molar refractivity (Wildman–Crippen MR) is 399 cm³/mol. The quantitative estimate of drug-likeness (QED) is 0.0159. The van der Waals surface area contributed by atoms with Gasteiger partial charge in [-0.05, 0) is 32.1 Å². The van der Waals surface area contributed by atoms with Crippen LogP contribution in [0.15, 0.2) is 0 Å². The molecule has 2 rings (SSSR count). The van der Waals surface area contributed by atoms with Gasteiger partial charge in [-0.3, -0.25) is 19.2 Å². The SMILES string of the molecule is CCCCCCCCCCCCCCCC(=O)O[C@H](CCCCCCCCCCCCCCC)CC(=O)N[C@H]1[C@H](OC[C@H]2O[C@H](OP(=O)([O-])[O-])[C@H](NC(=O)C[C@H](O)CCCCCCCCCCCCCCC)[C@@H](OC(=O)C[C@H](O)CCCCCCCCCCCCC)[C@@H]2O)O[C@H](CO)[C@@H](O)[C@@H]1O. The van der Waals surface area contributed by atoms with Gasteiger partial charge in [0.25, 0.3) is 0 Å². The molecule has 2 heterocycles. The number of amides is 2. The number of hydrogen-bond acceptors (Lipinski definition) is 19. The Labute approximate surface area is 618 Å². The second-order valence-electron chi connectivity index (χ2n) is 30.2. The predicted octanol–water partition coefficient (Wildman–Crippen LogP) is 15.2. The van der Waals surface area contributed by atoms with Crippen LogP contribution in [0.4, 0.5) is 0 Å². The van der Waals surface area contributed by atoms with Gasteiger partial charge in [0.15, 0.2) is 18.7 Å². The number of aliphatic hydroxyl groups excluding tert-OH is 6. The molecule has 13 atom stereocenters. The van der Waals surface area contributed by atoms with Crippen LogP contribution in [0.1, 0.15) is 394 Å². The maximum absolute atomic E-state index is 14.2. The lowest BCUT2D eigenvalue weighted by Gasteiger charge is -2.47. The van der Waals surface area contributed by atoms with Gasteiger partial charge in [0.05, 0.1) is 52.5 Å². The molecule has 0 saturated carbocycles. The fourth-order valence-corrected chi connectivity index (χ4v) is 14.6. The van der Waals surface area contributed by atoms with Crippen LogP contribution in [0, 0.1) is 0 Å². The summed E-state index contributed by atoms with van der Waals surface area (Å²) in [5, 5.41) is 72.4. The minimum Gasteiger partial charge on any atom is -0.790 e. The summed E-state index contributed by atoms with van der Waals surface area (Å²) in [6.07, 6.45) is 38.0. The Morgan fingerprint density at radius 2 is 0.755 bits per heavy atom. The van der Waals surface area contributed by atoms with Gasteiger partial charge in [-0.1, -0.05) is 336 Å². The summed E-state index contributed by atoms with van der Waals surface area (Å²) in [6.45, 7) is 7.20. The number of hydrogen-bond donors (Lipinski definition) is 8. The Hall–Kier alpha value is -2.37. The van der Waals surface area contributed by atoms with Crippen LogP contribution in [-0.2, 0) is 52.0 Å². The number of esters is 2. The number of nitrogens with one attached hydrogen (secondary N) is 2. The summed E-state index contributed by atoms with van der Waals surface area (Å²) in [5.74, 6) is -3.05. The zero-order valence-corrected chi connectivity index (χ0v) is 65.6. The molecule has 8 N–H and O–H groups in total. The lowest BCUT2D eigenvalue weighted by Crippen LogP contribution is -2.67. The highest BCUT2D eigenvalue weighted by atomic mass is 31.2. The number of carbonyl (C=O) groups is 4. The molecule has 102 heavy (non-hydrogen) atoms. The van der Waals surface area contributed by atoms with Crippen molar-refractivity contribution in [3.63, 3.8) is 0 Å². The first-order valence-electron chi connectivity index (χ1n) is 42.0. The van der Waals surface area contributed by atoms with Gasteiger partial charge in [0, 0.05) is 6.42 Å². The van der Waals surface area contributed by atoms with Crippen molar-refractivity contribution in [3.8, 4) is 0 Å². The maximum atomic E-state index is 14.2. The fraction of sp³-hybridized carbons (Fsp3) is 0.950. The summed E-state index contributed by atoms with van der Waals surface area (Å²) < 4.78 is 47.1. The molecule has 21 nitrogen and oxygen atoms in total. The molecular weight excluding hydrogens is 1320 g/mol. The van der Waals surface area contributed by atoms with E-state index in [0.29, 0.717) is 32.1 Å². The second kappa shape index (κ2) is 63.5. The van der Waals surface area contributed by atoms with Crippen LogP contribution in [0.5, 0.6) is 0 Å². The number of aliphatic hydroxyl groups is 6. The number of unbranched alkanes of at least 4 members (excludes halogenated alkanes) is 46. The smallest absolute Gasteiger partial charge is 0.308 e. The topological polar surface area (TPSA) is 332 Å². The van der Waals surface area contributed by atoms with E-state index in [1.807, 2.05) is 0 Å². The first-order chi connectivity index (χ1) is 49.4. The van der Waals surface area contributed by atoms with Crippen molar-refractivity contribution in [1.29, 1.82) is 0 Å². The van der Waals surface area contributed by atoms with Crippen molar-refractivity contribution in [2.24, 2.45) is 0 Å². The molecule has 0 unspecified atom stereocenters.